The lowest BCUT2D eigenvalue weighted by Crippen LogP contribution is -2.58. The van der Waals surface area contributed by atoms with Crippen LogP contribution in [0.25, 0.3) is 0 Å². The van der Waals surface area contributed by atoms with Crippen molar-refractivity contribution in [2.24, 2.45) is 5.92 Å². The highest BCUT2D eigenvalue weighted by Crippen LogP contribution is 2.15. The van der Waals surface area contributed by atoms with E-state index in [1.165, 1.54) is 25.9 Å². The van der Waals surface area contributed by atoms with Gasteiger partial charge < -0.3 is 0 Å². The quantitative estimate of drug-likeness (QED) is 0.468. The van der Waals surface area contributed by atoms with Crippen LogP contribution in [-0.4, -0.2) is 24.6 Å². The number of hydrazine groups is 2. The van der Waals surface area contributed by atoms with Crippen LogP contribution in [0.15, 0.2) is 0 Å². The van der Waals surface area contributed by atoms with Crippen LogP contribution in [0, 0.1) is 5.92 Å². The Morgan fingerprint density at radius 1 is 1.44 bits per heavy atom. The van der Waals surface area contributed by atoms with Crippen LogP contribution in [0.5, 0.6) is 0 Å². The van der Waals surface area contributed by atoms with Crippen LogP contribution in [0.2, 0.25) is 0 Å². The van der Waals surface area contributed by atoms with Gasteiger partial charge in [0.15, 0.2) is 0 Å². The Hall–Kier alpha value is -0.120. The zero-order valence-electron chi connectivity index (χ0n) is 5.56. The van der Waals surface area contributed by atoms with E-state index < -0.39 is 0 Å². The molecule has 3 nitrogen and oxygen atoms in total. The summed E-state index contributed by atoms with van der Waals surface area (Å²) in [7, 11) is 0. The molecule has 3 heteroatoms. The fraction of sp³-hybridized carbons (Fsp3) is 1.00. The number of fused-ring (bicyclic) bond motifs is 2. The average molecular weight is 127 g/mol. The molecule has 2 aliphatic rings. The van der Waals surface area contributed by atoms with E-state index in [0.29, 0.717) is 0 Å². The topological polar surface area (TPSA) is 27.3 Å². The van der Waals surface area contributed by atoms with Crippen molar-refractivity contribution in [1.29, 1.82) is 0 Å². The zero-order valence-corrected chi connectivity index (χ0v) is 5.56. The largest absolute Gasteiger partial charge is 0.244 e. The molecule has 2 fully saturated rings. The van der Waals surface area contributed by atoms with Gasteiger partial charge in [-0.1, -0.05) is 0 Å². The first-order valence-electron chi connectivity index (χ1n) is 3.68. The van der Waals surface area contributed by atoms with Crippen molar-refractivity contribution in [2.45, 2.75) is 12.8 Å². The van der Waals surface area contributed by atoms with E-state index in [2.05, 4.69) is 16.0 Å². The molecule has 2 atom stereocenters. The van der Waals surface area contributed by atoms with Gasteiger partial charge >= 0.3 is 0 Å². The van der Waals surface area contributed by atoms with Crippen LogP contribution in [0.3, 0.4) is 0 Å². The predicted octanol–water partition coefficient (Wildman–Crippen LogP) is -0.279. The molecule has 0 aliphatic carbocycles. The summed E-state index contributed by atoms with van der Waals surface area (Å²) in [4.78, 5) is 0. The second-order valence-corrected chi connectivity index (χ2v) is 2.95. The summed E-state index contributed by atoms with van der Waals surface area (Å²) in [5.41, 5.74) is 6.30. The molecule has 52 valence electrons. The monoisotopic (exact) mass is 127 g/mol. The highest BCUT2D eigenvalue weighted by atomic mass is 15.7. The van der Waals surface area contributed by atoms with Crippen molar-refractivity contribution < 1.29 is 0 Å². The molecular weight excluding hydrogens is 114 g/mol. The molecule has 2 heterocycles. The molecular formula is C6H13N3. The van der Waals surface area contributed by atoms with E-state index >= 15 is 0 Å². The maximum Gasteiger partial charge on any atom is 0.0185 e. The van der Waals surface area contributed by atoms with Gasteiger partial charge in [-0.25, -0.2) is 10.4 Å². The molecule has 2 bridgehead atoms. The Labute approximate surface area is 55.4 Å². The number of nitrogens with one attached hydrogen (secondary N) is 2. The summed E-state index contributed by atoms with van der Waals surface area (Å²) in [5.74, 6) is 0.903. The summed E-state index contributed by atoms with van der Waals surface area (Å²) in [6.07, 6.45) is 2.77. The molecule has 0 saturated carbocycles. The predicted molar refractivity (Wildman–Crippen MR) is 35.4 cm³/mol. The number of rotatable bonds is 0. The van der Waals surface area contributed by atoms with E-state index in [1.807, 2.05) is 0 Å². The molecule has 0 aromatic rings. The molecule has 2 rings (SSSR count). The van der Waals surface area contributed by atoms with Gasteiger partial charge in [-0.3, -0.25) is 0 Å². The van der Waals surface area contributed by atoms with Gasteiger partial charge in [-0.2, -0.15) is 5.53 Å². The Morgan fingerprint density at radius 2 is 2.44 bits per heavy atom. The normalized spacial score (nSPS) is 42.7. The Bertz CT molecular complexity index is 84.5. The smallest absolute Gasteiger partial charge is 0.0185 e. The van der Waals surface area contributed by atoms with Crippen molar-refractivity contribution in [3.05, 3.63) is 0 Å². The van der Waals surface area contributed by atoms with E-state index in [4.69, 9.17) is 0 Å². The molecule has 9 heavy (non-hydrogen) atoms. The van der Waals surface area contributed by atoms with Crippen LogP contribution >= 0.6 is 0 Å². The van der Waals surface area contributed by atoms with Crippen LogP contribution < -0.4 is 11.0 Å². The van der Waals surface area contributed by atoms with E-state index in [1.54, 1.807) is 0 Å². The SMILES string of the molecule is C1CC2CNNN(C1)C2. The van der Waals surface area contributed by atoms with Crippen molar-refractivity contribution in [3.63, 3.8) is 0 Å². The highest BCUT2D eigenvalue weighted by Gasteiger charge is 2.22. The van der Waals surface area contributed by atoms with E-state index in [-0.39, 0.29) is 0 Å². The fourth-order valence-corrected chi connectivity index (χ4v) is 1.64. The summed E-state index contributed by atoms with van der Waals surface area (Å²) < 4.78 is 0. The molecule has 0 aromatic heterocycles. The third-order valence-corrected chi connectivity index (χ3v) is 2.15. The lowest BCUT2D eigenvalue weighted by atomic mass is 9.99. The lowest BCUT2D eigenvalue weighted by molar-refractivity contribution is 0.0444. The fourth-order valence-electron chi connectivity index (χ4n) is 1.64. The zero-order chi connectivity index (χ0) is 6.10. The van der Waals surface area contributed by atoms with E-state index in [0.717, 1.165) is 12.5 Å². The Balaban J connectivity index is 1.96. The van der Waals surface area contributed by atoms with Gasteiger partial charge in [0.2, 0.25) is 0 Å². The van der Waals surface area contributed by atoms with Gasteiger partial charge in [-0.15, -0.1) is 0 Å². The standard InChI is InChI=1S/C6H13N3/c1-2-6-4-7-8-9(3-1)5-6/h6-8H,1-5H2. The van der Waals surface area contributed by atoms with Crippen LogP contribution in [0.4, 0.5) is 0 Å². The number of nitrogens with zero attached hydrogens (tertiary/aromatic N) is 1. The van der Waals surface area contributed by atoms with Gasteiger partial charge in [0.1, 0.15) is 0 Å². The van der Waals surface area contributed by atoms with Gasteiger partial charge in [-0.05, 0) is 18.8 Å². The molecule has 2 N–H and O–H groups in total. The second kappa shape index (κ2) is 2.25. The maximum absolute atomic E-state index is 3.16. The number of hydrogen-bond acceptors (Lipinski definition) is 3. The van der Waals surface area contributed by atoms with Gasteiger partial charge in [0.05, 0.1) is 0 Å². The molecule has 0 spiro atoms. The minimum atomic E-state index is 0.903. The minimum Gasteiger partial charge on any atom is -0.244 e. The first kappa shape index (κ1) is 5.65. The van der Waals surface area contributed by atoms with Crippen molar-refractivity contribution >= 4 is 0 Å². The van der Waals surface area contributed by atoms with E-state index in [9.17, 15) is 0 Å². The number of piperidine rings is 1. The van der Waals surface area contributed by atoms with Gasteiger partial charge in [0.25, 0.3) is 0 Å². The van der Waals surface area contributed by atoms with Gasteiger partial charge in [0, 0.05) is 19.6 Å². The van der Waals surface area contributed by atoms with Crippen LogP contribution in [-0.2, 0) is 0 Å². The molecule has 2 aliphatic heterocycles. The molecule has 2 saturated heterocycles. The first-order valence-corrected chi connectivity index (χ1v) is 3.68. The average Bonchev–Trinajstić information content (AvgIpc) is 1.88. The maximum atomic E-state index is 3.16. The van der Waals surface area contributed by atoms with Crippen molar-refractivity contribution in [3.8, 4) is 0 Å². The third-order valence-electron chi connectivity index (χ3n) is 2.15. The Kier molecular flexibility index (Phi) is 1.41. The molecule has 0 aromatic carbocycles. The highest BCUT2D eigenvalue weighted by molar-refractivity contribution is 4.74. The summed E-state index contributed by atoms with van der Waals surface area (Å²) >= 11 is 0. The Morgan fingerprint density at radius 3 is 3.22 bits per heavy atom. The van der Waals surface area contributed by atoms with Crippen molar-refractivity contribution in [2.75, 3.05) is 19.6 Å². The third kappa shape index (κ3) is 1.08. The molecule has 2 unspecified atom stereocenters. The van der Waals surface area contributed by atoms with Crippen molar-refractivity contribution in [1.82, 2.24) is 16.0 Å². The first-order chi connectivity index (χ1) is 4.45. The second-order valence-electron chi connectivity index (χ2n) is 2.95. The lowest BCUT2D eigenvalue weighted by Gasteiger charge is -2.38. The molecule has 0 amide bonds. The van der Waals surface area contributed by atoms with Crippen LogP contribution in [0.1, 0.15) is 12.8 Å². The summed E-state index contributed by atoms with van der Waals surface area (Å²) in [6, 6.07) is 0. The number of hydrogen-bond donors (Lipinski definition) is 2. The molecule has 0 radical (unpaired) electrons. The summed E-state index contributed by atoms with van der Waals surface area (Å²) in [5, 5.41) is 2.26. The minimum absolute atomic E-state index is 0.903. The summed E-state index contributed by atoms with van der Waals surface area (Å²) in [6.45, 7) is 3.60.